The summed E-state index contributed by atoms with van der Waals surface area (Å²) in [6.07, 6.45) is 1.27. The summed E-state index contributed by atoms with van der Waals surface area (Å²) in [6.45, 7) is 4.95. The number of benzene rings is 2. The lowest BCUT2D eigenvalue weighted by atomic mass is 9.62. The predicted molar refractivity (Wildman–Crippen MR) is 198 cm³/mol. The molecule has 3 aliphatic heterocycles. The fraction of sp³-hybridized carbons (Fsp3) is 0.561. The molecule has 15 heteroatoms. The predicted octanol–water partition coefficient (Wildman–Crippen LogP) is 1.85. The SMILES string of the molecule is CC(C)(C)OC(=O)CC[C@@H](CO)NC(=O)CCNC(=O)[C@@]12C[C@H]3OC(=O)[C@@H]1N(Cc1ccccc1C=COCCO)O[C@@H]2[C@H]1OC2(Cc4ccccc4C2)O[C@H]13. The van der Waals surface area contributed by atoms with Gasteiger partial charge in [-0.15, -0.1) is 0 Å². The Morgan fingerprint density at radius 2 is 1.73 bits per heavy atom. The van der Waals surface area contributed by atoms with Crippen LogP contribution in [0.5, 0.6) is 0 Å². The molecule has 4 N–H and O–H groups in total. The maximum Gasteiger partial charge on any atom is 0.327 e. The number of hydroxylamine groups is 2. The van der Waals surface area contributed by atoms with Crippen LogP contribution in [0.25, 0.3) is 6.08 Å². The minimum Gasteiger partial charge on any atom is -0.499 e. The highest BCUT2D eigenvalue weighted by molar-refractivity contribution is 5.94. The summed E-state index contributed by atoms with van der Waals surface area (Å²) in [5, 5.41) is 26.1. The Morgan fingerprint density at radius 1 is 1.02 bits per heavy atom. The van der Waals surface area contributed by atoms with Gasteiger partial charge in [0.25, 0.3) is 0 Å². The van der Waals surface area contributed by atoms with E-state index in [-0.39, 0.29) is 58.6 Å². The van der Waals surface area contributed by atoms with Crippen molar-refractivity contribution in [2.75, 3.05) is 26.4 Å². The van der Waals surface area contributed by atoms with Crippen LogP contribution in [0.3, 0.4) is 0 Å². The normalized spacial score (nSPS) is 27.7. The molecule has 1 saturated carbocycles. The lowest BCUT2D eigenvalue weighted by Gasteiger charge is -2.48. The molecule has 2 aromatic carbocycles. The number of amides is 2. The van der Waals surface area contributed by atoms with E-state index in [1.54, 1.807) is 26.8 Å². The molecule has 2 aromatic rings. The van der Waals surface area contributed by atoms with E-state index in [1.165, 1.54) is 11.3 Å². The maximum atomic E-state index is 14.6. The number of carbonyl (C=O) groups excluding carboxylic acids is 4. The van der Waals surface area contributed by atoms with Gasteiger partial charge in [0, 0.05) is 38.6 Å². The molecule has 2 amide bonds. The Bertz CT molecular complexity index is 1800. The van der Waals surface area contributed by atoms with E-state index in [0.717, 1.165) is 22.3 Å². The summed E-state index contributed by atoms with van der Waals surface area (Å²) in [5.74, 6) is -2.97. The maximum absolute atomic E-state index is 14.6. The lowest BCUT2D eigenvalue weighted by molar-refractivity contribution is -0.217. The quantitative estimate of drug-likeness (QED) is 0.117. The summed E-state index contributed by atoms with van der Waals surface area (Å²) in [4.78, 5) is 60.6. The molecule has 3 heterocycles. The fourth-order valence-corrected chi connectivity index (χ4v) is 8.66. The fourth-order valence-electron chi connectivity index (χ4n) is 8.66. The van der Waals surface area contributed by atoms with E-state index in [1.807, 2.05) is 48.5 Å². The van der Waals surface area contributed by atoms with Crippen molar-refractivity contribution >= 4 is 29.8 Å². The van der Waals surface area contributed by atoms with Crippen molar-refractivity contribution in [2.24, 2.45) is 5.41 Å². The molecule has 0 aromatic heterocycles. The van der Waals surface area contributed by atoms with Crippen LogP contribution in [-0.2, 0) is 67.1 Å². The first-order chi connectivity index (χ1) is 26.8. The zero-order chi connectivity index (χ0) is 39.7. The molecule has 7 atom stereocenters. The minimum absolute atomic E-state index is 0.0121. The number of nitrogens with one attached hydrogen (secondary N) is 2. The van der Waals surface area contributed by atoms with E-state index < -0.39 is 77.1 Å². The van der Waals surface area contributed by atoms with Gasteiger partial charge in [-0.2, -0.15) is 5.06 Å². The number of ether oxygens (including phenoxy) is 5. The molecule has 1 spiro atoms. The second-order valence-electron chi connectivity index (χ2n) is 16.1. The van der Waals surface area contributed by atoms with Gasteiger partial charge in [0.05, 0.1) is 32.1 Å². The average molecular weight is 778 g/mol. The van der Waals surface area contributed by atoms with Gasteiger partial charge < -0.3 is 44.5 Å². The highest BCUT2D eigenvalue weighted by Crippen LogP contribution is 2.58. The van der Waals surface area contributed by atoms with E-state index in [9.17, 15) is 24.3 Å². The monoisotopic (exact) mass is 777 g/mol. The van der Waals surface area contributed by atoms with Crippen molar-refractivity contribution in [1.82, 2.24) is 15.7 Å². The van der Waals surface area contributed by atoms with Crippen LogP contribution in [0.15, 0.2) is 54.8 Å². The zero-order valence-electron chi connectivity index (χ0n) is 31.9. The highest BCUT2D eigenvalue weighted by Gasteiger charge is 2.76. The molecular formula is C41H51N3O12. The molecule has 0 unspecified atom stereocenters. The number of carbonyl (C=O) groups is 4. The van der Waals surface area contributed by atoms with Crippen molar-refractivity contribution < 1.29 is 57.9 Å². The molecule has 5 aliphatic rings. The van der Waals surface area contributed by atoms with Gasteiger partial charge in [-0.1, -0.05) is 48.5 Å². The van der Waals surface area contributed by atoms with E-state index >= 15 is 0 Å². The number of rotatable bonds is 15. The average Bonchev–Trinajstić information content (AvgIpc) is 3.83. The first-order valence-corrected chi connectivity index (χ1v) is 19.3. The first kappa shape index (κ1) is 39.8. The van der Waals surface area contributed by atoms with Crippen molar-refractivity contribution in [3.63, 3.8) is 0 Å². The van der Waals surface area contributed by atoms with Gasteiger partial charge in [-0.3, -0.25) is 24.0 Å². The van der Waals surface area contributed by atoms with Crippen LogP contribution < -0.4 is 10.6 Å². The third-order valence-electron chi connectivity index (χ3n) is 11.0. The van der Waals surface area contributed by atoms with Gasteiger partial charge in [-0.05, 0) is 55.5 Å². The number of aliphatic hydroxyl groups is 2. The van der Waals surface area contributed by atoms with Crippen LogP contribution in [-0.4, -0.2) is 113 Å². The Morgan fingerprint density at radius 3 is 2.45 bits per heavy atom. The summed E-state index contributed by atoms with van der Waals surface area (Å²) >= 11 is 0. The number of hydrogen-bond donors (Lipinski definition) is 4. The number of esters is 2. The Labute approximate surface area is 325 Å². The topological polar surface area (TPSA) is 191 Å². The van der Waals surface area contributed by atoms with Crippen LogP contribution in [0, 0.1) is 5.41 Å². The van der Waals surface area contributed by atoms with E-state index in [0.29, 0.717) is 12.8 Å². The van der Waals surface area contributed by atoms with Gasteiger partial charge in [0.1, 0.15) is 42.0 Å². The van der Waals surface area contributed by atoms with E-state index in [4.69, 9.17) is 33.6 Å². The van der Waals surface area contributed by atoms with E-state index in [2.05, 4.69) is 10.6 Å². The number of aliphatic hydroxyl groups excluding tert-OH is 2. The Kier molecular flexibility index (Phi) is 11.5. The summed E-state index contributed by atoms with van der Waals surface area (Å²) in [6, 6.07) is 13.7. The molecule has 7 rings (SSSR count). The third-order valence-corrected chi connectivity index (χ3v) is 11.0. The molecule has 15 nitrogen and oxygen atoms in total. The zero-order valence-corrected chi connectivity index (χ0v) is 31.9. The number of fused-ring (bicyclic) bond motifs is 5. The second-order valence-corrected chi connectivity index (χ2v) is 16.1. The van der Waals surface area contributed by atoms with Crippen LogP contribution in [0.2, 0.25) is 0 Å². The summed E-state index contributed by atoms with van der Waals surface area (Å²) < 4.78 is 30.3. The van der Waals surface area contributed by atoms with Crippen molar-refractivity contribution in [3.8, 4) is 0 Å². The van der Waals surface area contributed by atoms with Gasteiger partial charge in [0.15, 0.2) is 11.8 Å². The smallest absolute Gasteiger partial charge is 0.327 e. The lowest BCUT2D eigenvalue weighted by Crippen LogP contribution is -2.69. The second kappa shape index (κ2) is 16.2. The van der Waals surface area contributed by atoms with Crippen molar-refractivity contribution in [2.45, 2.75) is 114 Å². The first-order valence-electron chi connectivity index (χ1n) is 19.3. The molecule has 4 fully saturated rings. The standard InChI is InChI=1S/C41H51N3O12/c1-39(2,3)53-32(48)13-12-29(24-46)43-31(47)14-16-42-38(50)41-22-30-33-34(55-40(54-33)20-26-9-5-6-10-27(26)21-40)36(41)56-44(35(41)37(49)52-30)23-28-11-7-4-8-25(28)15-18-51-19-17-45/h4-11,15,18,29-30,33-36,45-46H,12-14,16-17,19-24H2,1-3H3,(H,42,50)(H,43,47)/t29-,30+,33-,34-,35-,36+,41-/m0/s1. The van der Waals surface area contributed by atoms with Crippen LogP contribution in [0.4, 0.5) is 0 Å². The molecular weight excluding hydrogens is 726 g/mol. The van der Waals surface area contributed by atoms with Crippen molar-refractivity contribution in [3.05, 3.63) is 77.0 Å². The molecule has 2 bridgehead atoms. The molecule has 3 saturated heterocycles. The van der Waals surface area contributed by atoms with Gasteiger partial charge in [0.2, 0.25) is 11.8 Å². The third kappa shape index (κ3) is 8.06. The van der Waals surface area contributed by atoms with Crippen LogP contribution >= 0.6 is 0 Å². The Hall–Kier alpha value is -4.38. The minimum atomic E-state index is -1.45. The summed E-state index contributed by atoms with van der Waals surface area (Å²) in [5.41, 5.74) is 1.67. The molecule has 0 radical (unpaired) electrons. The van der Waals surface area contributed by atoms with Crippen LogP contribution in [0.1, 0.15) is 68.7 Å². The largest absolute Gasteiger partial charge is 0.499 e. The van der Waals surface area contributed by atoms with Crippen molar-refractivity contribution in [1.29, 1.82) is 0 Å². The molecule has 56 heavy (non-hydrogen) atoms. The number of hydrogen-bond acceptors (Lipinski definition) is 13. The van der Waals surface area contributed by atoms with Gasteiger partial charge >= 0.3 is 11.9 Å². The molecule has 2 aliphatic carbocycles. The number of nitrogens with zero attached hydrogens (tertiary/aromatic N) is 1. The summed E-state index contributed by atoms with van der Waals surface area (Å²) in [7, 11) is 0. The highest BCUT2D eigenvalue weighted by atomic mass is 16.8. The molecule has 302 valence electrons. The Balaban J connectivity index is 1.09. The van der Waals surface area contributed by atoms with Gasteiger partial charge in [-0.25, -0.2) is 0 Å².